The van der Waals surface area contributed by atoms with E-state index in [0.717, 1.165) is 11.0 Å². The number of benzene rings is 2. The highest BCUT2D eigenvalue weighted by atomic mass is 19.4. The molecule has 14 heteroatoms. The van der Waals surface area contributed by atoms with Crippen molar-refractivity contribution in [3.63, 3.8) is 0 Å². The van der Waals surface area contributed by atoms with Gasteiger partial charge in [0.15, 0.2) is 0 Å². The maximum absolute atomic E-state index is 13.5. The molecule has 1 aliphatic rings. The number of nitrogens with zero attached hydrogens (tertiary/aromatic N) is 2. The molecule has 46 heavy (non-hydrogen) atoms. The van der Waals surface area contributed by atoms with Crippen molar-refractivity contribution in [1.29, 1.82) is 0 Å². The van der Waals surface area contributed by atoms with Crippen LogP contribution in [0.15, 0.2) is 54.7 Å². The number of rotatable bonds is 10. The van der Waals surface area contributed by atoms with Gasteiger partial charge in [-0.15, -0.1) is 0 Å². The Kier molecular flexibility index (Phi) is 9.36. The average Bonchev–Trinajstić information content (AvgIpc) is 3.17. The van der Waals surface area contributed by atoms with Gasteiger partial charge in [0.25, 0.3) is 11.5 Å². The minimum absolute atomic E-state index is 0.0227. The predicted molar refractivity (Wildman–Crippen MR) is 154 cm³/mol. The molecule has 4 rings (SSSR count). The van der Waals surface area contributed by atoms with Crippen LogP contribution < -0.4 is 14.8 Å². The number of aromatic nitrogens is 1. The molecule has 2 heterocycles. The fourth-order valence-electron chi connectivity index (χ4n) is 5.08. The van der Waals surface area contributed by atoms with Crippen LogP contribution >= 0.6 is 0 Å². The van der Waals surface area contributed by atoms with E-state index in [1.807, 2.05) is 13.8 Å². The summed E-state index contributed by atoms with van der Waals surface area (Å²) in [4.78, 5) is 31.7. The topological polar surface area (TPSA) is 101 Å². The van der Waals surface area contributed by atoms with Crippen molar-refractivity contribution >= 4 is 11.9 Å². The molecule has 3 aromatic rings. The van der Waals surface area contributed by atoms with Gasteiger partial charge in [0.2, 0.25) is 5.88 Å². The van der Waals surface area contributed by atoms with E-state index in [4.69, 9.17) is 9.47 Å². The monoisotopic (exact) mass is 653 g/mol. The van der Waals surface area contributed by atoms with Gasteiger partial charge in [0, 0.05) is 17.8 Å². The zero-order valence-electron chi connectivity index (χ0n) is 25.6. The van der Waals surface area contributed by atoms with Gasteiger partial charge in [-0.2, -0.15) is 26.3 Å². The first-order valence-electron chi connectivity index (χ1n) is 14.4. The Morgan fingerprint density at radius 3 is 2.17 bits per heavy atom. The van der Waals surface area contributed by atoms with Gasteiger partial charge in [-0.05, 0) is 80.6 Å². The smallest absolute Gasteiger partial charge is 0.430 e. The van der Waals surface area contributed by atoms with Gasteiger partial charge in [-0.3, -0.25) is 9.69 Å². The summed E-state index contributed by atoms with van der Waals surface area (Å²) in [5, 5.41) is 12.6. The molecule has 1 fully saturated rings. The minimum Gasteiger partial charge on any atom is -0.491 e. The van der Waals surface area contributed by atoms with Crippen LogP contribution in [0.3, 0.4) is 0 Å². The normalized spacial score (nSPS) is 17.5. The van der Waals surface area contributed by atoms with E-state index < -0.39 is 41.0 Å². The first-order chi connectivity index (χ1) is 21.3. The van der Waals surface area contributed by atoms with E-state index in [0.29, 0.717) is 41.0 Å². The van der Waals surface area contributed by atoms with Gasteiger partial charge in [0.1, 0.15) is 17.0 Å². The number of carbonyl (C=O) groups excluding carboxylic acids is 2. The summed E-state index contributed by atoms with van der Waals surface area (Å²) in [7, 11) is 0. The van der Waals surface area contributed by atoms with Crippen LogP contribution in [0.5, 0.6) is 17.4 Å². The molecule has 0 aliphatic carbocycles. The lowest BCUT2D eigenvalue weighted by molar-refractivity contribution is -0.376. The summed E-state index contributed by atoms with van der Waals surface area (Å²) in [6, 6.07) is 9.58. The molecule has 0 radical (unpaired) electrons. The molecule has 1 saturated heterocycles. The zero-order chi connectivity index (χ0) is 34.2. The molecule has 2 aromatic carbocycles. The number of pyridine rings is 1. The van der Waals surface area contributed by atoms with E-state index in [-0.39, 0.29) is 36.3 Å². The fraction of sp³-hybridized carbons (Fsp3) is 0.406. The van der Waals surface area contributed by atoms with E-state index >= 15 is 0 Å². The van der Waals surface area contributed by atoms with Crippen molar-refractivity contribution in [2.24, 2.45) is 0 Å². The lowest BCUT2D eigenvalue weighted by Gasteiger charge is -2.33. The predicted octanol–water partition coefficient (Wildman–Crippen LogP) is 7.20. The third-order valence-electron chi connectivity index (χ3n) is 7.63. The van der Waals surface area contributed by atoms with Crippen LogP contribution in [0.2, 0.25) is 0 Å². The first-order valence-corrected chi connectivity index (χ1v) is 14.4. The van der Waals surface area contributed by atoms with Crippen molar-refractivity contribution in [2.45, 2.75) is 83.6 Å². The second-order valence-electron chi connectivity index (χ2n) is 11.5. The molecule has 248 valence electrons. The third-order valence-corrected chi connectivity index (χ3v) is 7.63. The number of nitrogens with one attached hydrogen (secondary N) is 1. The number of alkyl halides is 6. The first kappa shape index (κ1) is 34.5. The Morgan fingerprint density at radius 1 is 0.978 bits per heavy atom. The Hall–Kier alpha value is -4.33. The molecule has 1 aromatic heterocycles. The number of carbonyl (C=O) groups is 2. The number of imide groups is 1. The Morgan fingerprint density at radius 2 is 1.61 bits per heavy atom. The minimum atomic E-state index is -6.04. The second-order valence-corrected chi connectivity index (χ2v) is 11.5. The van der Waals surface area contributed by atoms with Crippen molar-refractivity contribution < 1.29 is 50.5 Å². The largest absolute Gasteiger partial charge is 0.491 e. The van der Waals surface area contributed by atoms with Crippen molar-refractivity contribution in [3.05, 3.63) is 82.5 Å². The van der Waals surface area contributed by atoms with Gasteiger partial charge < -0.3 is 19.9 Å². The Balaban J connectivity index is 1.60. The highest BCUT2D eigenvalue weighted by Gasteiger charge is 2.71. The van der Waals surface area contributed by atoms with Crippen LogP contribution in [-0.4, -0.2) is 45.4 Å². The Bertz CT molecular complexity index is 1590. The third kappa shape index (κ3) is 6.48. The quantitative estimate of drug-likeness (QED) is 0.177. The van der Waals surface area contributed by atoms with Crippen LogP contribution in [0, 0.1) is 6.92 Å². The van der Waals surface area contributed by atoms with Crippen LogP contribution in [-0.2, 0) is 28.9 Å². The van der Waals surface area contributed by atoms with E-state index in [1.54, 1.807) is 45.0 Å². The summed E-state index contributed by atoms with van der Waals surface area (Å²) in [6.45, 7) is 8.51. The molecule has 0 saturated carbocycles. The highest BCUT2D eigenvalue weighted by Crippen LogP contribution is 2.50. The zero-order valence-corrected chi connectivity index (χ0v) is 25.6. The van der Waals surface area contributed by atoms with Crippen molar-refractivity contribution in [2.75, 3.05) is 0 Å². The number of ether oxygens (including phenoxy) is 2. The maximum Gasteiger partial charge on any atom is 0.430 e. The number of aryl methyl sites for hydroxylation is 2. The van der Waals surface area contributed by atoms with Crippen LogP contribution in [0.1, 0.15) is 61.9 Å². The van der Waals surface area contributed by atoms with E-state index in [2.05, 4.69) is 10.3 Å². The van der Waals surface area contributed by atoms with Crippen LogP contribution in [0.25, 0.3) is 0 Å². The lowest BCUT2D eigenvalue weighted by atomic mass is 9.90. The van der Waals surface area contributed by atoms with E-state index in [1.165, 1.54) is 12.3 Å². The fourth-order valence-corrected chi connectivity index (χ4v) is 5.08. The van der Waals surface area contributed by atoms with Gasteiger partial charge >= 0.3 is 18.4 Å². The van der Waals surface area contributed by atoms with Crippen molar-refractivity contribution in [1.82, 2.24) is 15.2 Å². The second kappa shape index (κ2) is 12.5. The SMILES string of the molecule is CCCc1cc(C(O)(C(F)(F)F)C(F)(F)F)ccc1Oc1cc(CN2C(=O)NC(C)(c3ccc(OC(C)C)cc3)C2=O)c(C)cn1. The molecule has 2 N–H and O–H groups in total. The summed E-state index contributed by atoms with van der Waals surface area (Å²) in [6.07, 6.45) is -10.4. The molecule has 8 nitrogen and oxygen atoms in total. The van der Waals surface area contributed by atoms with E-state index in [9.17, 15) is 41.0 Å². The number of amides is 3. The van der Waals surface area contributed by atoms with Gasteiger partial charge in [-0.1, -0.05) is 31.5 Å². The summed E-state index contributed by atoms with van der Waals surface area (Å²) in [5.74, 6) is -0.0735. The highest BCUT2D eigenvalue weighted by molar-refractivity contribution is 6.07. The standard InChI is InChI=1S/C32H33F6N3O5/c1-6-7-20-14-23(30(44,31(33,34)35)32(36,37)38)10-13-25(20)46-26-15-21(19(4)16-39-26)17-41-27(42)29(5,40-28(41)43)22-8-11-24(12-9-22)45-18(2)3/h8-16,18,44H,6-7,17H2,1-5H3,(H,40,43). The number of urea groups is 1. The Labute approximate surface area is 261 Å². The maximum atomic E-state index is 13.5. The van der Waals surface area contributed by atoms with Crippen LogP contribution in [0.4, 0.5) is 31.1 Å². The summed E-state index contributed by atoms with van der Waals surface area (Å²) < 4.78 is 92.3. The molecular weight excluding hydrogens is 620 g/mol. The molecule has 1 unspecified atom stereocenters. The molecule has 3 amide bonds. The molecular formula is C32H33F6N3O5. The number of hydrogen-bond donors (Lipinski definition) is 2. The molecule has 1 atom stereocenters. The van der Waals surface area contributed by atoms with Gasteiger partial charge in [-0.25, -0.2) is 9.78 Å². The number of aliphatic hydroxyl groups is 1. The number of hydrogen-bond acceptors (Lipinski definition) is 6. The molecule has 0 spiro atoms. The number of halogens is 6. The molecule has 1 aliphatic heterocycles. The summed E-state index contributed by atoms with van der Waals surface area (Å²) >= 11 is 0. The lowest BCUT2D eigenvalue weighted by Crippen LogP contribution is -2.53. The van der Waals surface area contributed by atoms with Gasteiger partial charge in [0.05, 0.1) is 12.6 Å². The summed E-state index contributed by atoms with van der Waals surface area (Å²) in [5.41, 5.74) is -6.29. The average molecular weight is 654 g/mol. The molecule has 0 bridgehead atoms. The van der Waals surface area contributed by atoms with Crippen molar-refractivity contribution in [3.8, 4) is 17.4 Å².